The number of rotatable bonds is 7. The van der Waals surface area contributed by atoms with Crippen LogP contribution >= 0.6 is 0 Å². The van der Waals surface area contributed by atoms with E-state index in [1.54, 1.807) is 30.3 Å². The molecule has 1 aromatic rings. The lowest BCUT2D eigenvalue weighted by Crippen LogP contribution is -2.38. The van der Waals surface area contributed by atoms with Crippen LogP contribution in [0.5, 0.6) is 0 Å². The Balaban J connectivity index is 2.45. The average molecular weight is 317 g/mol. The number of aliphatic carboxylic acids is 1. The Bertz CT molecular complexity index is 585. The molecule has 0 saturated carbocycles. The van der Waals surface area contributed by atoms with Crippen LogP contribution in [0.15, 0.2) is 30.3 Å². The number of nitrogens with one attached hydrogen (secondary N) is 1. The van der Waals surface area contributed by atoms with E-state index in [9.17, 15) is 18.0 Å². The zero-order chi connectivity index (χ0) is 15.9. The number of ether oxygens (including phenoxy) is 1. The highest BCUT2D eigenvalue weighted by Gasteiger charge is 2.26. The minimum Gasteiger partial charge on any atom is -0.481 e. The highest BCUT2D eigenvalue weighted by molar-refractivity contribution is 7.86. The van der Waals surface area contributed by atoms with Gasteiger partial charge in [0.25, 0.3) is 10.1 Å². The van der Waals surface area contributed by atoms with Gasteiger partial charge in [-0.25, -0.2) is 4.79 Å². The topological polar surface area (TPSA) is 130 Å². The van der Waals surface area contributed by atoms with Crippen molar-refractivity contribution in [1.82, 2.24) is 5.32 Å². The van der Waals surface area contributed by atoms with Crippen molar-refractivity contribution in [3.8, 4) is 0 Å². The Morgan fingerprint density at radius 1 is 1.24 bits per heavy atom. The number of amides is 1. The summed E-state index contributed by atoms with van der Waals surface area (Å²) in [5.74, 6) is -1.41. The van der Waals surface area contributed by atoms with E-state index in [-0.39, 0.29) is 6.61 Å². The number of hydrogen-bond donors (Lipinski definition) is 3. The van der Waals surface area contributed by atoms with Gasteiger partial charge in [0.15, 0.2) is 0 Å². The molecule has 0 saturated heterocycles. The van der Waals surface area contributed by atoms with Crippen LogP contribution < -0.4 is 5.32 Å². The second-order valence-corrected chi connectivity index (χ2v) is 5.87. The molecule has 0 aliphatic heterocycles. The fourth-order valence-corrected chi connectivity index (χ4v) is 2.10. The SMILES string of the molecule is O=C(O)CC(CNC(=O)OCc1ccccc1)S(=O)(=O)O. The van der Waals surface area contributed by atoms with Gasteiger partial charge in [0.1, 0.15) is 11.9 Å². The van der Waals surface area contributed by atoms with Crippen LogP contribution in [0.25, 0.3) is 0 Å². The Hall–Kier alpha value is -2.13. The van der Waals surface area contributed by atoms with Gasteiger partial charge >= 0.3 is 12.1 Å². The van der Waals surface area contributed by atoms with Crippen LogP contribution in [0, 0.1) is 0 Å². The summed E-state index contributed by atoms with van der Waals surface area (Å²) in [5, 5.41) is 9.02. The Morgan fingerprint density at radius 2 is 1.86 bits per heavy atom. The summed E-state index contributed by atoms with van der Waals surface area (Å²) >= 11 is 0. The number of benzene rings is 1. The molecule has 8 nitrogen and oxygen atoms in total. The van der Waals surface area contributed by atoms with Crippen molar-refractivity contribution in [2.75, 3.05) is 6.54 Å². The average Bonchev–Trinajstić information content (AvgIpc) is 2.40. The molecule has 1 atom stereocenters. The van der Waals surface area contributed by atoms with Gasteiger partial charge in [0.2, 0.25) is 0 Å². The fourth-order valence-electron chi connectivity index (χ4n) is 1.45. The van der Waals surface area contributed by atoms with Crippen molar-refractivity contribution < 1.29 is 32.4 Å². The second-order valence-electron chi connectivity index (χ2n) is 4.18. The number of carboxylic acid groups (broad SMARTS) is 1. The normalized spacial score (nSPS) is 12.4. The zero-order valence-electron chi connectivity index (χ0n) is 10.9. The summed E-state index contributed by atoms with van der Waals surface area (Å²) in [6.45, 7) is -0.569. The lowest BCUT2D eigenvalue weighted by molar-refractivity contribution is -0.137. The van der Waals surface area contributed by atoms with E-state index in [4.69, 9.17) is 14.4 Å². The smallest absolute Gasteiger partial charge is 0.407 e. The Kier molecular flexibility index (Phi) is 6.12. The molecule has 116 valence electrons. The molecule has 1 rings (SSSR count). The third-order valence-corrected chi connectivity index (χ3v) is 3.69. The maximum Gasteiger partial charge on any atom is 0.407 e. The van der Waals surface area contributed by atoms with Gasteiger partial charge in [-0.05, 0) is 5.56 Å². The lowest BCUT2D eigenvalue weighted by atomic mass is 10.2. The molecule has 9 heteroatoms. The molecule has 0 aliphatic rings. The molecule has 0 spiro atoms. The minimum absolute atomic E-state index is 0.0118. The third kappa shape index (κ3) is 6.72. The molecular formula is C12H15NO7S. The number of carboxylic acids is 1. The van der Waals surface area contributed by atoms with Crippen molar-refractivity contribution in [2.24, 2.45) is 0 Å². The van der Waals surface area contributed by atoms with Gasteiger partial charge in [-0.15, -0.1) is 0 Å². The summed E-state index contributed by atoms with van der Waals surface area (Å²) in [7, 11) is -4.57. The molecule has 0 heterocycles. The first-order chi connectivity index (χ1) is 9.79. The molecule has 1 aromatic carbocycles. The molecule has 0 aromatic heterocycles. The monoisotopic (exact) mass is 317 g/mol. The van der Waals surface area contributed by atoms with Crippen LogP contribution in [0.4, 0.5) is 4.79 Å². The van der Waals surface area contributed by atoms with E-state index in [1.807, 2.05) is 0 Å². The van der Waals surface area contributed by atoms with E-state index in [0.717, 1.165) is 5.56 Å². The van der Waals surface area contributed by atoms with Gasteiger partial charge in [-0.1, -0.05) is 30.3 Å². The summed E-state index contributed by atoms with van der Waals surface area (Å²) in [6.07, 6.45) is -1.73. The van der Waals surface area contributed by atoms with Gasteiger partial charge in [-0.2, -0.15) is 8.42 Å². The first kappa shape index (κ1) is 16.9. The minimum atomic E-state index is -4.57. The van der Waals surface area contributed by atoms with Crippen molar-refractivity contribution >= 4 is 22.2 Å². The van der Waals surface area contributed by atoms with E-state index < -0.39 is 40.4 Å². The summed E-state index contributed by atoms with van der Waals surface area (Å²) in [6, 6.07) is 8.79. The van der Waals surface area contributed by atoms with Crippen molar-refractivity contribution in [2.45, 2.75) is 18.3 Å². The first-order valence-corrected chi connectivity index (χ1v) is 7.42. The van der Waals surface area contributed by atoms with Gasteiger partial charge in [0.05, 0.1) is 6.42 Å². The molecule has 0 fully saturated rings. The molecule has 1 unspecified atom stereocenters. The van der Waals surface area contributed by atoms with E-state index in [1.165, 1.54) is 0 Å². The van der Waals surface area contributed by atoms with Crippen molar-refractivity contribution in [3.63, 3.8) is 0 Å². The van der Waals surface area contributed by atoms with Crippen molar-refractivity contribution in [3.05, 3.63) is 35.9 Å². The number of alkyl carbamates (subject to hydrolysis) is 1. The maximum atomic E-state index is 11.4. The summed E-state index contributed by atoms with van der Waals surface area (Å²) in [4.78, 5) is 21.9. The van der Waals surface area contributed by atoms with E-state index in [0.29, 0.717) is 0 Å². The standard InChI is InChI=1S/C12H15NO7S/c14-11(15)6-10(21(17,18)19)7-13-12(16)20-8-9-4-2-1-3-5-9/h1-5,10H,6-8H2,(H,13,16)(H,14,15)(H,17,18,19). The quantitative estimate of drug-likeness (QED) is 0.629. The number of carbonyl (C=O) groups is 2. The molecule has 0 radical (unpaired) electrons. The fraction of sp³-hybridized carbons (Fsp3) is 0.333. The molecule has 1 amide bonds. The Labute approximate surface area is 121 Å². The Morgan fingerprint density at radius 3 is 2.38 bits per heavy atom. The largest absolute Gasteiger partial charge is 0.481 e. The van der Waals surface area contributed by atoms with Gasteiger partial charge in [0, 0.05) is 6.54 Å². The summed E-state index contributed by atoms with van der Waals surface area (Å²) < 4.78 is 35.6. The van der Waals surface area contributed by atoms with E-state index in [2.05, 4.69) is 5.32 Å². The lowest BCUT2D eigenvalue weighted by Gasteiger charge is -2.12. The number of carbonyl (C=O) groups excluding carboxylic acids is 1. The molecule has 21 heavy (non-hydrogen) atoms. The first-order valence-electron chi connectivity index (χ1n) is 5.91. The van der Waals surface area contributed by atoms with Gasteiger partial charge < -0.3 is 15.2 Å². The van der Waals surface area contributed by atoms with Crippen molar-refractivity contribution in [1.29, 1.82) is 0 Å². The molecule has 0 aliphatic carbocycles. The third-order valence-electron chi connectivity index (χ3n) is 2.51. The highest BCUT2D eigenvalue weighted by Crippen LogP contribution is 2.04. The molecular weight excluding hydrogens is 302 g/mol. The predicted molar refractivity (Wildman–Crippen MR) is 72.2 cm³/mol. The highest BCUT2D eigenvalue weighted by atomic mass is 32.2. The number of hydrogen-bond acceptors (Lipinski definition) is 5. The van der Waals surface area contributed by atoms with Crippen LogP contribution in [0.1, 0.15) is 12.0 Å². The van der Waals surface area contributed by atoms with Crippen LogP contribution in [-0.2, 0) is 26.3 Å². The zero-order valence-corrected chi connectivity index (χ0v) is 11.7. The van der Waals surface area contributed by atoms with Crippen LogP contribution in [-0.4, -0.2) is 41.9 Å². The summed E-state index contributed by atoms with van der Waals surface area (Å²) in [5.41, 5.74) is 0.740. The van der Waals surface area contributed by atoms with Crippen LogP contribution in [0.3, 0.4) is 0 Å². The molecule has 0 bridgehead atoms. The second kappa shape index (κ2) is 7.60. The van der Waals surface area contributed by atoms with Crippen LogP contribution in [0.2, 0.25) is 0 Å². The van der Waals surface area contributed by atoms with Gasteiger partial charge in [-0.3, -0.25) is 9.35 Å². The maximum absolute atomic E-state index is 11.4. The van der Waals surface area contributed by atoms with E-state index >= 15 is 0 Å². The molecule has 3 N–H and O–H groups in total. The predicted octanol–water partition coefficient (Wildman–Crippen LogP) is 0.644.